The second kappa shape index (κ2) is 23.6. The van der Waals surface area contributed by atoms with Crippen LogP contribution < -0.4 is 5.32 Å². The molecule has 0 aromatic heterocycles. The van der Waals surface area contributed by atoms with Crippen LogP contribution in [0.5, 0.6) is 0 Å². The highest BCUT2D eigenvalue weighted by atomic mass is 15.3. The second-order valence-corrected chi connectivity index (χ2v) is 10.5. The zero-order chi connectivity index (χ0) is 22.2. The Hall–Kier alpha value is -0.0800. The van der Waals surface area contributed by atoms with Crippen LogP contribution in [0.15, 0.2) is 0 Å². The first kappa shape index (κ1) is 29.9. The fraction of sp³-hybridized carbons (Fsp3) is 1.00. The topological polar surface area (TPSA) is 12.0 Å². The summed E-state index contributed by atoms with van der Waals surface area (Å²) in [6.07, 6.45) is 28.7. The van der Waals surface area contributed by atoms with Crippen molar-refractivity contribution in [1.82, 2.24) is 5.32 Å². The molecule has 0 rings (SSSR count). The van der Waals surface area contributed by atoms with Gasteiger partial charge in [-0.15, -0.1) is 0 Å². The van der Waals surface area contributed by atoms with Crippen molar-refractivity contribution < 1.29 is 4.48 Å². The van der Waals surface area contributed by atoms with Gasteiger partial charge >= 0.3 is 0 Å². The maximum Gasteiger partial charge on any atom is 0.0909 e. The zero-order valence-corrected chi connectivity index (χ0v) is 21.9. The predicted octanol–water partition coefficient (Wildman–Crippen LogP) is 8.49. The molecule has 0 saturated carbocycles. The van der Waals surface area contributed by atoms with E-state index >= 15 is 0 Å². The molecule has 0 aliphatic carbocycles. The van der Waals surface area contributed by atoms with Crippen LogP contribution in [-0.4, -0.2) is 44.8 Å². The molecule has 0 fully saturated rings. The second-order valence-electron chi connectivity index (χ2n) is 10.5. The molecule has 0 saturated heterocycles. The molecule has 0 spiro atoms. The van der Waals surface area contributed by atoms with Crippen molar-refractivity contribution in [2.75, 3.05) is 40.3 Å². The van der Waals surface area contributed by atoms with E-state index in [0.29, 0.717) is 0 Å². The number of hydrogen-bond donors (Lipinski definition) is 1. The lowest BCUT2D eigenvalue weighted by Gasteiger charge is -2.30. The van der Waals surface area contributed by atoms with Gasteiger partial charge in [0.05, 0.1) is 27.2 Å². The maximum atomic E-state index is 3.69. The number of quaternary nitrogens is 1. The lowest BCUT2D eigenvalue weighted by Crippen LogP contribution is -2.45. The van der Waals surface area contributed by atoms with Crippen LogP contribution >= 0.6 is 0 Å². The monoisotopic (exact) mass is 425 g/mol. The Morgan fingerprint density at radius 3 is 1.20 bits per heavy atom. The van der Waals surface area contributed by atoms with E-state index in [9.17, 15) is 0 Å². The van der Waals surface area contributed by atoms with Crippen molar-refractivity contribution in [3.05, 3.63) is 0 Å². The summed E-state index contributed by atoms with van der Waals surface area (Å²) in [4.78, 5) is 0. The Morgan fingerprint density at radius 2 is 0.767 bits per heavy atom. The molecule has 0 radical (unpaired) electrons. The molecule has 0 unspecified atom stereocenters. The number of nitrogens with one attached hydrogen (secondary N) is 1. The van der Waals surface area contributed by atoms with E-state index in [4.69, 9.17) is 0 Å². The standard InChI is InChI=1S/C28H61N2/c1-5-7-9-11-13-15-17-19-21-23-25-29-26-28-30(3,4)27-24-22-20-18-16-14-12-10-8-6-2/h29H,5-28H2,1-4H3/q+1. The van der Waals surface area contributed by atoms with E-state index in [0.717, 1.165) is 0 Å². The van der Waals surface area contributed by atoms with Gasteiger partial charge in [-0.3, -0.25) is 0 Å². The van der Waals surface area contributed by atoms with Crippen molar-refractivity contribution >= 4 is 0 Å². The van der Waals surface area contributed by atoms with Crippen LogP contribution in [0.25, 0.3) is 0 Å². The molecule has 0 amide bonds. The molecule has 30 heavy (non-hydrogen) atoms. The number of nitrogens with zero attached hydrogens (tertiary/aromatic N) is 1. The van der Waals surface area contributed by atoms with E-state index < -0.39 is 0 Å². The van der Waals surface area contributed by atoms with E-state index in [1.807, 2.05) is 0 Å². The zero-order valence-electron chi connectivity index (χ0n) is 21.9. The van der Waals surface area contributed by atoms with Crippen LogP contribution in [0.3, 0.4) is 0 Å². The first-order valence-corrected chi connectivity index (χ1v) is 14.1. The average molecular weight is 426 g/mol. The average Bonchev–Trinajstić information content (AvgIpc) is 2.72. The summed E-state index contributed by atoms with van der Waals surface area (Å²) >= 11 is 0. The predicted molar refractivity (Wildman–Crippen MR) is 138 cm³/mol. The molecule has 0 heterocycles. The summed E-state index contributed by atoms with van der Waals surface area (Å²) < 4.78 is 1.18. The summed E-state index contributed by atoms with van der Waals surface area (Å²) in [6.45, 7) is 9.62. The summed E-state index contributed by atoms with van der Waals surface area (Å²) in [5.41, 5.74) is 0. The fourth-order valence-corrected chi connectivity index (χ4v) is 4.38. The van der Waals surface area contributed by atoms with E-state index in [1.54, 1.807) is 0 Å². The number of rotatable bonds is 25. The molecular weight excluding hydrogens is 364 g/mol. The minimum Gasteiger partial charge on any atom is -0.327 e. The van der Waals surface area contributed by atoms with Crippen LogP contribution in [0.2, 0.25) is 0 Å². The normalized spacial score (nSPS) is 12.0. The van der Waals surface area contributed by atoms with Crippen molar-refractivity contribution in [3.8, 4) is 0 Å². The summed E-state index contributed by atoms with van der Waals surface area (Å²) in [5, 5.41) is 3.69. The van der Waals surface area contributed by atoms with Crippen molar-refractivity contribution in [1.29, 1.82) is 0 Å². The van der Waals surface area contributed by atoms with Gasteiger partial charge < -0.3 is 9.80 Å². The summed E-state index contributed by atoms with van der Waals surface area (Å²) in [6, 6.07) is 0. The van der Waals surface area contributed by atoms with Gasteiger partial charge in [0.1, 0.15) is 0 Å². The third-order valence-electron chi connectivity index (χ3n) is 6.72. The molecule has 0 aromatic carbocycles. The Labute approximate surface area is 192 Å². The number of hydrogen-bond acceptors (Lipinski definition) is 1. The van der Waals surface area contributed by atoms with Crippen LogP contribution in [0, 0.1) is 0 Å². The first-order chi connectivity index (χ1) is 14.6. The van der Waals surface area contributed by atoms with E-state index in [2.05, 4.69) is 33.3 Å². The molecule has 0 aromatic rings. The van der Waals surface area contributed by atoms with Crippen LogP contribution in [0.4, 0.5) is 0 Å². The maximum absolute atomic E-state index is 3.69. The van der Waals surface area contributed by atoms with Gasteiger partial charge in [-0.05, 0) is 25.8 Å². The highest BCUT2D eigenvalue weighted by molar-refractivity contribution is 4.52. The first-order valence-electron chi connectivity index (χ1n) is 14.1. The van der Waals surface area contributed by atoms with Gasteiger partial charge in [-0.25, -0.2) is 0 Å². The van der Waals surface area contributed by atoms with Gasteiger partial charge in [0.15, 0.2) is 0 Å². The van der Waals surface area contributed by atoms with E-state index in [-0.39, 0.29) is 0 Å². The quantitative estimate of drug-likeness (QED) is 0.114. The molecule has 1 N–H and O–H groups in total. The smallest absolute Gasteiger partial charge is 0.0909 e. The lowest BCUT2D eigenvalue weighted by atomic mass is 10.1. The third-order valence-corrected chi connectivity index (χ3v) is 6.72. The van der Waals surface area contributed by atoms with Crippen LogP contribution in [-0.2, 0) is 0 Å². The van der Waals surface area contributed by atoms with Gasteiger partial charge in [0.2, 0.25) is 0 Å². The van der Waals surface area contributed by atoms with Gasteiger partial charge in [-0.1, -0.05) is 123 Å². The number of likely N-dealkylation sites (N-methyl/N-ethyl adjacent to an activating group) is 1. The minimum absolute atomic E-state index is 1.18. The van der Waals surface area contributed by atoms with Crippen molar-refractivity contribution in [3.63, 3.8) is 0 Å². The van der Waals surface area contributed by atoms with Gasteiger partial charge in [-0.2, -0.15) is 0 Å². The number of unbranched alkanes of at least 4 members (excludes halogenated alkanes) is 18. The SMILES string of the molecule is CCCCCCCCCCCCNCC[N+](C)(C)CCCCCCCCCCCC. The fourth-order valence-electron chi connectivity index (χ4n) is 4.38. The largest absolute Gasteiger partial charge is 0.327 e. The van der Waals surface area contributed by atoms with Gasteiger partial charge in [0.25, 0.3) is 0 Å². The lowest BCUT2D eigenvalue weighted by molar-refractivity contribution is -0.889. The third kappa shape index (κ3) is 24.2. The Kier molecular flexibility index (Phi) is 23.5. The Bertz CT molecular complexity index is 314. The van der Waals surface area contributed by atoms with Gasteiger partial charge in [0, 0.05) is 6.54 Å². The summed E-state index contributed by atoms with van der Waals surface area (Å²) in [7, 11) is 4.83. The minimum atomic E-state index is 1.18. The molecule has 182 valence electrons. The molecule has 2 heteroatoms. The van der Waals surface area contributed by atoms with Crippen molar-refractivity contribution in [2.24, 2.45) is 0 Å². The highest BCUT2D eigenvalue weighted by Crippen LogP contribution is 2.12. The summed E-state index contributed by atoms with van der Waals surface area (Å²) in [5.74, 6) is 0. The molecule has 0 bridgehead atoms. The van der Waals surface area contributed by atoms with Crippen LogP contribution in [0.1, 0.15) is 142 Å². The molecule has 2 nitrogen and oxygen atoms in total. The van der Waals surface area contributed by atoms with Crippen molar-refractivity contribution in [2.45, 2.75) is 142 Å². The van der Waals surface area contributed by atoms with E-state index in [1.165, 1.54) is 159 Å². The molecular formula is C28H61N2+. The highest BCUT2D eigenvalue weighted by Gasteiger charge is 2.13. The molecule has 0 aliphatic heterocycles. The molecule has 0 atom stereocenters. The Balaban J connectivity index is 3.29. The molecule has 0 aliphatic rings. The Morgan fingerprint density at radius 1 is 0.400 bits per heavy atom.